The van der Waals surface area contributed by atoms with Crippen LogP contribution in [-0.2, 0) is 30.8 Å². The van der Waals surface area contributed by atoms with E-state index in [0.29, 0.717) is 55.4 Å². The van der Waals surface area contributed by atoms with Crippen molar-refractivity contribution in [3.8, 4) is 5.88 Å². The number of rotatable bonds is 8. The first-order chi connectivity index (χ1) is 25.7. The number of aromatic amines is 1. The molecule has 0 bridgehead atoms. The lowest BCUT2D eigenvalue weighted by molar-refractivity contribution is -0.141. The number of nitrogens with zero attached hydrogens (tertiary/aromatic N) is 4. The Morgan fingerprint density at radius 3 is 2.63 bits per heavy atom. The van der Waals surface area contributed by atoms with Crippen molar-refractivity contribution in [1.29, 1.82) is 0 Å². The highest BCUT2D eigenvalue weighted by molar-refractivity contribution is 7.91. The molecule has 0 radical (unpaired) electrons. The number of H-pyrrole nitrogens is 1. The Kier molecular flexibility index (Phi) is 9.95. The summed E-state index contributed by atoms with van der Waals surface area (Å²) >= 11 is 0. The van der Waals surface area contributed by atoms with E-state index in [1.54, 1.807) is 19.9 Å². The van der Waals surface area contributed by atoms with E-state index < -0.39 is 73.9 Å². The van der Waals surface area contributed by atoms with Crippen LogP contribution in [0, 0.1) is 18.7 Å². The van der Waals surface area contributed by atoms with E-state index in [-0.39, 0.29) is 36.5 Å². The third-order valence-corrected chi connectivity index (χ3v) is 13.2. The number of fused-ring (bicyclic) bond motifs is 3. The molecule has 288 valence electrons. The minimum absolute atomic E-state index is 0.0165. The van der Waals surface area contributed by atoms with Crippen molar-refractivity contribution < 1.29 is 36.7 Å². The van der Waals surface area contributed by atoms with Crippen LogP contribution in [0.15, 0.2) is 36.4 Å². The maximum Gasteiger partial charge on any atom is 0.272 e. The van der Waals surface area contributed by atoms with Crippen LogP contribution in [0.3, 0.4) is 0 Å². The highest BCUT2D eigenvalue weighted by Crippen LogP contribution is 2.47. The van der Waals surface area contributed by atoms with Crippen molar-refractivity contribution in [3.05, 3.63) is 59.3 Å². The fraction of sp³-hybridized carbons (Fsp3) is 0.541. The van der Waals surface area contributed by atoms with Crippen LogP contribution in [0.1, 0.15) is 93.5 Å². The zero-order valence-corrected chi connectivity index (χ0v) is 31.3. The lowest BCUT2D eigenvalue weighted by Crippen LogP contribution is -2.58. The number of nitrogens with one attached hydrogen (secondary N) is 4. The number of sulfonamides is 1. The number of halogens is 1. The first-order valence-corrected chi connectivity index (χ1v) is 20.0. The van der Waals surface area contributed by atoms with Gasteiger partial charge in [0.25, 0.3) is 11.8 Å². The zero-order valence-electron chi connectivity index (χ0n) is 30.5. The second-order valence-electron chi connectivity index (χ2n) is 15.1. The van der Waals surface area contributed by atoms with Gasteiger partial charge in [-0.3, -0.25) is 29.0 Å². The van der Waals surface area contributed by atoms with E-state index in [0.717, 1.165) is 12.8 Å². The number of allylic oxidation sites excluding steroid dienone is 1. The summed E-state index contributed by atoms with van der Waals surface area (Å²) in [5.74, 6) is -3.39. The number of aromatic nitrogens is 4. The molecule has 2 saturated carbocycles. The second-order valence-corrected chi connectivity index (χ2v) is 17.3. The van der Waals surface area contributed by atoms with Crippen LogP contribution in [-0.4, -0.2) is 92.1 Å². The molecule has 7 rings (SSSR count). The van der Waals surface area contributed by atoms with Gasteiger partial charge >= 0.3 is 0 Å². The molecule has 2 aliphatic heterocycles. The van der Waals surface area contributed by atoms with Gasteiger partial charge in [0, 0.05) is 24.1 Å². The number of ether oxygens (including phenoxy) is 1. The monoisotopic (exact) mass is 764 g/mol. The van der Waals surface area contributed by atoms with Gasteiger partial charge in [-0.25, -0.2) is 22.8 Å². The lowest BCUT2D eigenvalue weighted by atomic mass is 10.0. The van der Waals surface area contributed by atoms with Gasteiger partial charge < -0.3 is 20.3 Å². The van der Waals surface area contributed by atoms with Crippen LogP contribution in [0.4, 0.5) is 4.39 Å². The smallest absolute Gasteiger partial charge is 0.272 e. The molecule has 4 aliphatic rings. The molecule has 0 spiro atoms. The lowest BCUT2D eigenvalue weighted by Gasteiger charge is -2.30. The van der Waals surface area contributed by atoms with Crippen molar-refractivity contribution in [1.82, 2.24) is 40.4 Å². The quantitative estimate of drug-likeness (QED) is 0.247. The molecule has 4 amide bonds. The third kappa shape index (κ3) is 7.42. The summed E-state index contributed by atoms with van der Waals surface area (Å²) < 4.78 is 47.9. The van der Waals surface area contributed by atoms with Crippen molar-refractivity contribution >= 4 is 44.7 Å². The second kappa shape index (κ2) is 14.4. The van der Waals surface area contributed by atoms with Crippen molar-refractivity contribution in [2.45, 2.75) is 113 Å². The van der Waals surface area contributed by atoms with Gasteiger partial charge in [0.05, 0.1) is 22.3 Å². The van der Waals surface area contributed by atoms with Gasteiger partial charge in [-0.05, 0) is 77.0 Å². The molecule has 2 aliphatic carbocycles. The number of benzene rings is 1. The van der Waals surface area contributed by atoms with Crippen molar-refractivity contribution in [3.63, 3.8) is 0 Å². The fourth-order valence-electron chi connectivity index (χ4n) is 7.24. The van der Waals surface area contributed by atoms with Gasteiger partial charge in [-0.2, -0.15) is 5.10 Å². The van der Waals surface area contributed by atoms with Gasteiger partial charge in [-0.15, -0.1) is 0 Å². The molecular formula is C37H45FN8O7S. The molecule has 5 atom stereocenters. The van der Waals surface area contributed by atoms with E-state index >= 15 is 0 Å². The molecule has 17 heteroatoms. The zero-order chi connectivity index (χ0) is 38.4. The summed E-state index contributed by atoms with van der Waals surface area (Å²) in [6, 6.07) is 3.44. The van der Waals surface area contributed by atoms with Crippen molar-refractivity contribution in [2.24, 2.45) is 5.92 Å². The molecular weight excluding hydrogens is 720 g/mol. The number of carbonyl (C=O) groups excluding carboxylic acids is 4. The average Bonchev–Trinajstić information content (AvgIpc) is 3.93. The van der Waals surface area contributed by atoms with Crippen LogP contribution >= 0.6 is 0 Å². The minimum atomic E-state index is -4.01. The molecule has 3 aromatic rings. The number of hydrogen-bond donors (Lipinski definition) is 4. The fourth-order valence-corrected chi connectivity index (χ4v) is 8.56. The topological polar surface area (TPSA) is 205 Å². The summed E-state index contributed by atoms with van der Waals surface area (Å²) in [5, 5.41) is 12.4. The number of aryl methyl sites for hydroxylation is 2. The predicted octanol–water partition coefficient (Wildman–Crippen LogP) is 2.90. The van der Waals surface area contributed by atoms with Crippen LogP contribution in [0.2, 0.25) is 0 Å². The summed E-state index contributed by atoms with van der Waals surface area (Å²) in [5.41, 5.74) is 0.487. The number of amides is 4. The Morgan fingerprint density at radius 1 is 1.11 bits per heavy atom. The highest BCUT2D eigenvalue weighted by atomic mass is 32.2. The van der Waals surface area contributed by atoms with Crippen LogP contribution < -0.4 is 20.1 Å². The first kappa shape index (κ1) is 37.4. The van der Waals surface area contributed by atoms with Crippen molar-refractivity contribution in [2.75, 3.05) is 6.54 Å². The molecule has 1 aromatic carbocycles. The van der Waals surface area contributed by atoms with E-state index in [2.05, 4.69) is 35.5 Å². The number of hydrogen-bond acceptors (Lipinski definition) is 10. The van der Waals surface area contributed by atoms with Gasteiger partial charge in [0.2, 0.25) is 27.7 Å². The Labute approximate surface area is 312 Å². The SMILES string of the molecule is CCc1nc2ccc(F)cc2nc1O[C@@H]1C[C@H]2C(=O)N[C@]3(C(=O)NS(=O)(=O)C4(C)CC4)CC3/C=C\CCCCC[C@H](NC(=O)c3cc(C)[nH]n3)C(=O)N2C1. The van der Waals surface area contributed by atoms with Gasteiger partial charge in [0.15, 0.2) is 0 Å². The molecule has 4 heterocycles. The Bertz CT molecular complexity index is 2140. The Hall–Kier alpha value is -4.93. The summed E-state index contributed by atoms with van der Waals surface area (Å²) in [6.45, 7) is 5.11. The van der Waals surface area contributed by atoms with E-state index in [1.165, 1.54) is 23.1 Å². The summed E-state index contributed by atoms with van der Waals surface area (Å²) in [6.07, 6.45) is 7.52. The molecule has 4 N–H and O–H groups in total. The average molecular weight is 765 g/mol. The van der Waals surface area contributed by atoms with E-state index in [1.807, 2.05) is 19.1 Å². The maximum absolute atomic E-state index is 14.5. The third-order valence-electron chi connectivity index (χ3n) is 11.0. The molecule has 2 aromatic heterocycles. The Balaban J connectivity index is 1.21. The van der Waals surface area contributed by atoms with Crippen LogP contribution in [0.25, 0.3) is 11.0 Å². The summed E-state index contributed by atoms with van der Waals surface area (Å²) in [4.78, 5) is 66.5. The molecule has 3 fully saturated rings. The van der Waals surface area contributed by atoms with E-state index in [9.17, 15) is 32.0 Å². The summed E-state index contributed by atoms with van der Waals surface area (Å²) in [7, 11) is -4.01. The van der Waals surface area contributed by atoms with E-state index in [4.69, 9.17) is 4.74 Å². The van der Waals surface area contributed by atoms with Gasteiger partial charge in [-0.1, -0.05) is 31.9 Å². The molecule has 1 unspecified atom stereocenters. The Morgan fingerprint density at radius 2 is 1.91 bits per heavy atom. The highest BCUT2D eigenvalue weighted by Gasteiger charge is 2.63. The molecule has 54 heavy (non-hydrogen) atoms. The minimum Gasteiger partial charge on any atom is -0.471 e. The maximum atomic E-state index is 14.5. The molecule has 1 saturated heterocycles. The molecule has 15 nitrogen and oxygen atoms in total. The first-order valence-electron chi connectivity index (χ1n) is 18.5. The number of carbonyl (C=O) groups is 4. The predicted molar refractivity (Wildman–Crippen MR) is 194 cm³/mol. The van der Waals surface area contributed by atoms with Crippen LogP contribution in [0.5, 0.6) is 5.88 Å². The standard InChI is InChI=1S/C37H45FN8O7S/c1-4-25-33(41-28-17-23(38)12-13-26(28)39-25)53-24-18-30-32(48)42-37(35(50)45-54(51,52)36(3)14-15-36)19-22(37)10-8-6-5-7-9-11-27(34(49)46(30)20-24)40-31(47)29-16-21(2)43-44-29/h8,10,12-13,16-17,22,24,27,30H,4-7,9,11,14-15,18-20H2,1-3H3,(H,40,47)(H,42,48)(H,43,44)(H,45,50)/b10-8-/t22?,24-,27+,30+,37-/m1/s1. The normalized spacial score (nSPS) is 27.4. The van der Waals surface area contributed by atoms with Gasteiger partial charge in [0.1, 0.15) is 40.9 Å². The largest absolute Gasteiger partial charge is 0.471 e.